The molecule has 2 aromatic heterocycles. The van der Waals surface area contributed by atoms with Crippen LogP contribution in [0.25, 0.3) is 44.3 Å². The molecule has 10 aliphatic rings. The SMILES string of the molecule is CC[C@@H]1C2CCC[C@H]3C[C@@H](c4nc5ccc(-c6cc7ccc6CCc6ccc(c(-c8ccc9nc([C@@H]%10C[C@@H]%11CCCC%12[C@@H](CC)[C@H](NC(=O)OC)C(=O)N%10[C@@H]%12%11)[nH]c9c8)c6)CC7)cc5[nH]4)N(C(=O)[C@H]1NC(=O)OC)[C@@H]23. The lowest BCUT2D eigenvalue weighted by Crippen LogP contribution is -2.64. The molecule has 14 heteroatoms. The van der Waals surface area contributed by atoms with Gasteiger partial charge in [0.2, 0.25) is 11.8 Å². The van der Waals surface area contributed by atoms with E-state index in [4.69, 9.17) is 19.4 Å². The number of benzene rings is 4. The van der Waals surface area contributed by atoms with E-state index in [9.17, 15) is 19.2 Å². The average molecular weight is 997 g/mol. The Labute approximate surface area is 432 Å². The van der Waals surface area contributed by atoms with E-state index in [1.54, 1.807) is 0 Å². The van der Waals surface area contributed by atoms with E-state index in [-0.39, 0.29) is 47.8 Å². The second kappa shape index (κ2) is 18.6. The van der Waals surface area contributed by atoms with Crippen LogP contribution in [0.1, 0.15) is 124 Å². The average Bonchev–Trinajstić information content (AvgIpc) is 4.25. The molecule has 4 amide bonds. The first kappa shape index (κ1) is 47.0. The van der Waals surface area contributed by atoms with Gasteiger partial charge in [-0.2, -0.15) is 0 Å². The summed E-state index contributed by atoms with van der Waals surface area (Å²) in [6.07, 6.45) is 12.4. The number of alkyl carbamates (subject to hydrolysis) is 2. The number of aryl methyl sites for hydroxylation is 4. The minimum atomic E-state index is -0.608. The minimum absolute atomic E-state index is 0.0169. The van der Waals surface area contributed by atoms with Gasteiger partial charge in [-0.25, -0.2) is 19.6 Å². The maximum absolute atomic E-state index is 14.5. The lowest BCUT2D eigenvalue weighted by Gasteiger charge is -2.50. The number of carbonyl (C=O) groups is 4. The molecule has 2 saturated carbocycles. The summed E-state index contributed by atoms with van der Waals surface area (Å²) in [7, 11) is 2.71. The number of piperidine rings is 2. The zero-order chi connectivity index (χ0) is 50.5. The minimum Gasteiger partial charge on any atom is -0.453 e. The predicted molar refractivity (Wildman–Crippen MR) is 282 cm³/mol. The summed E-state index contributed by atoms with van der Waals surface area (Å²) >= 11 is 0. The Morgan fingerprint density at radius 1 is 0.595 bits per heavy atom. The molecule has 4 aliphatic heterocycles. The summed E-state index contributed by atoms with van der Waals surface area (Å²) in [6.45, 7) is 4.27. The Hall–Kier alpha value is -6.70. The maximum Gasteiger partial charge on any atom is 0.407 e. The number of H-pyrrole nitrogens is 2. The number of rotatable bonds is 8. The molecule has 0 radical (unpaired) electrons. The molecule has 16 rings (SSSR count). The van der Waals surface area contributed by atoms with Crippen LogP contribution < -0.4 is 10.6 Å². The number of amides is 4. The van der Waals surface area contributed by atoms with Crippen LogP contribution >= 0.6 is 0 Å². The molecular formula is C60H68N8O6. The van der Waals surface area contributed by atoms with Crippen LogP contribution in [0.3, 0.4) is 0 Å². The van der Waals surface area contributed by atoms with Crippen LogP contribution in [-0.4, -0.2) is 92.1 Å². The molecular weight excluding hydrogens is 929 g/mol. The molecule has 2 unspecified atom stereocenters. The van der Waals surface area contributed by atoms with Gasteiger partial charge in [0.1, 0.15) is 23.7 Å². The van der Waals surface area contributed by atoms with Crippen molar-refractivity contribution in [2.24, 2.45) is 35.5 Å². The highest BCUT2D eigenvalue weighted by Gasteiger charge is 2.60. The fraction of sp³-hybridized carbons (Fsp3) is 0.500. The number of fused-ring (bicyclic) bond motifs is 2. The Morgan fingerprint density at radius 3 is 1.46 bits per heavy atom. The Bertz CT molecular complexity index is 3000. The lowest BCUT2D eigenvalue weighted by atomic mass is 9.66. The third kappa shape index (κ3) is 7.70. The summed E-state index contributed by atoms with van der Waals surface area (Å²) in [6, 6.07) is 25.9. The quantitative estimate of drug-likeness (QED) is 0.117. The van der Waals surface area contributed by atoms with Crippen LogP contribution in [0.15, 0.2) is 72.8 Å². The van der Waals surface area contributed by atoms with Crippen LogP contribution in [0, 0.1) is 35.5 Å². The second-order valence-corrected chi connectivity index (χ2v) is 22.7. The van der Waals surface area contributed by atoms with Gasteiger partial charge in [-0.05, 0) is 168 Å². The van der Waals surface area contributed by atoms with Gasteiger partial charge in [0.25, 0.3) is 0 Å². The van der Waals surface area contributed by atoms with Crippen molar-refractivity contribution in [1.29, 1.82) is 0 Å². The highest BCUT2D eigenvalue weighted by molar-refractivity contribution is 5.90. The van der Waals surface area contributed by atoms with Crippen LogP contribution in [0.5, 0.6) is 0 Å². The highest BCUT2D eigenvalue weighted by atomic mass is 16.5. The summed E-state index contributed by atoms with van der Waals surface area (Å²) in [5.41, 5.74) is 13.6. The van der Waals surface area contributed by atoms with Gasteiger partial charge in [0.05, 0.1) is 48.4 Å². The number of nitrogens with one attached hydrogen (secondary N) is 4. The number of imidazole rings is 2. The third-order valence-electron chi connectivity index (χ3n) is 19.3. The zero-order valence-electron chi connectivity index (χ0n) is 43.0. The molecule has 6 heterocycles. The van der Waals surface area contributed by atoms with E-state index in [0.717, 1.165) is 135 Å². The number of nitrogens with zero attached hydrogens (tertiary/aromatic N) is 4. The predicted octanol–water partition coefficient (Wildman–Crippen LogP) is 10.3. The molecule has 0 spiro atoms. The fourth-order valence-corrected chi connectivity index (χ4v) is 16.0. The smallest absolute Gasteiger partial charge is 0.407 e. The number of methoxy groups -OCH3 is 2. The van der Waals surface area contributed by atoms with Crippen molar-refractivity contribution in [1.82, 2.24) is 40.4 Å². The summed E-state index contributed by atoms with van der Waals surface area (Å²) in [4.78, 5) is 76.0. The maximum atomic E-state index is 14.5. The van der Waals surface area contributed by atoms with E-state index in [1.807, 2.05) is 0 Å². The van der Waals surface area contributed by atoms with Crippen LogP contribution in [0.4, 0.5) is 9.59 Å². The molecule has 4 bridgehead atoms. The Morgan fingerprint density at radius 2 is 1.04 bits per heavy atom. The van der Waals surface area contributed by atoms with Gasteiger partial charge in [0.15, 0.2) is 0 Å². The van der Waals surface area contributed by atoms with Crippen molar-refractivity contribution in [3.63, 3.8) is 0 Å². The lowest BCUT2D eigenvalue weighted by molar-refractivity contribution is -0.149. The Kier molecular flexibility index (Phi) is 11.8. The van der Waals surface area contributed by atoms with Gasteiger partial charge in [-0.15, -0.1) is 0 Å². The number of hydrogen-bond acceptors (Lipinski definition) is 8. The standard InChI is InChI=1S/C60H68N8O6/c1-5-39-41-11-7-9-37-29-49(67(53(37)41)57(69)51(39)65-59(71)73-3)55-61-45-23-21-35(27-47(45)63-55)43-25-31-13-17-33(43)19-15-32-14-18-34(20-16-31)44(26-32)36-22-24-46-48(28-36)64-56(62-46)50-30-38-10-8-12-42-40(6-2)52(66-60(72)74-4)58(70)68(50)54(38)42/h13-14,17-18,21-28,37-42,49-54H,5-12,15-16,19-20,29-30H2,1-4H3,(H,61,63)(H,62,64)(H,65,71)(H,66,72)/t37-,38-,39+,40+,41?,42?,49-,50-,51-,52-,53+,54+/m0/s1. The molecule has 4 aromatic carbocycles. The summed E-state index contributed by atoms with van der Waals surface area (Å²) in [5.74, 6) is 3.28. The van der Waals surface area contributed by atoms with Crippen molar-refractivity contribution < 1.29 is 28.7 Å². The van der Waals surface area contributed by atoms with Crippen LogP contribution in [0.2, 0.25) is 0 Å². The largest absolute Gasteiger partial charge is 0.453 e. The highest BCUT2D eigenvalue weighted by Crippen LogP contribution is 2.55. The molecule has 384 valence electrons. The molecule has 12 atom stereocenters. The number of carbonyl (C=O) groups excluding carboxylic acids is 4. The summed E-state index contributed by atoms with van der Waals surface area (Å²) < 4.78 is 9.99. The molecule has 6 fully saturated rings. The van der Waals surface area contributed by atoms with E-state index in [1.165, 1.54) is 47.6 Å². The van der Waals surface area contributed by atoms with Gasteiger partial charge in [-0.1, -0.05) is 88.1 Å². The number of ether oxygens (including phenoxy) is 2. The number of aromatic nitrogens is 4. The van der Waals surface area contributed by atoms with E-state index < -0.39 is 24.3 Å². The first-order valence-corrected chi connectivity index (χ1v) is 27.7. The number of aromatic amines is 2. The van der Waals surface area contributed by atoms with Gasteiger partial charge in [-0.3, -0.25) is 9.59 Å². The number of hydrogen-bond donors (Lipinski definition) is 4. The van der Waals surface area contributed by atoms with E-state index in [2.05, 4.69) is 117 Å². The zero-order valence-corrected chi connectivity index (χ0v) is 43.0. The molecule has 74 heavy (non-hydrogen) atoms. The van der Waals surface area contributed by atoms with Crippen LogP contribution in [-0.2, 0) is 44.7 Å². The molecule has 6 aliphatic carbocycles. The molecule has 14 nitrogen and oxygen atoms in total. The third-order valence-corrected chi connectivity index (χ3v) is 19.3. The fourth-order valence-electron chi connectivity index (χ4n) is 16.0. The van der Waals surface area contributed by atoms with Gasteiger partial charge < -0.3 is 39.9 Å². The molecule has 4 saturated heterocycles. The Balaban J connectivity index is 0.759. The molecule has 4 N–H and O–H groups in total. The van der Waals surface area contributed by atoms with Gasteiger partial charge >= 0.3 is 12.2 Å². The van der Waals surface area contributed by atoms with Crippen molar-refractivity contribution in [3.8, 4) is 22.3 Å². The topological polar surface area (TPSA) is 175 Å². The first-order valence-electron chi connectivity index (χ1n) is 27.7. The summed E-state index contributed by atoms with van der Waals surface area (Å²) in [5, 5.41) is 5.87. The molecule has 6 aromatic rings. The van der Waals surface area contributed by atoms with E-state index in [0.29, 0.717) is 23.7 Å². The first-order chi connectivity index (χ1) is 36.1. The van der Waals surface area contributed by atoms with Crippen molar-refractivity contribution >= 4 is 46.1 Å². The van der Waals surface area contributed by atoms with E-state index >= 15 is 0 Å². The van der Waals surface area contributed by atoms with Gasteiger partial charge in [0, 0.05) is 12.1 Å². The normalized spacial score (nSPS) is 30.0. The second-order valence-electron chi connectivity index (χ2n) is 22.7. The van der Waals surface area contributed by atoms with Crippen molar-refractivity contribution in [3.05, 3.63) is 107 Å². The van der Waals surface area contributed by atoms with Crippen molar-refractivity contribution in [2.75, 3.05) is 14.2 Å². The van der Waals surface area contributed by atoms with Crippen molar-refractivity contribution in [2.45, 2.75) is 140 Å². The monoisotopic (exact) mass is 997 g/mol.